The lowest BCUT2D eigenvalue weighted by atomic mass is 10.1. The first-order valence-electron chi connectivity index (χ1n) is 8.23. The number of aryl methyl sites for hydroxylation is 1. The molecule has 0 saturated heterocycles. The standard InChI is InChI=1S/C19H16Cl2N2O3S/c1-2-12-3-5-13(6-4-12)16(24)10-23-19(27)26-18(22-23)11-25-17-8-7-14(20)9-15(17)21/h3-9H,2,10-11H2,1H3. The average Bonchev–Trinajstić information content (AvgIpc) is 3.00. The predicted octanol–water partition coefficient (Wildman–Crippen LogP) is 5.54. The Bertz CT molecular complexity index is 1010. The van der Waals surface area contributed by atoms with Crippen molar-refractivity contribution in [1.29, 1.82) is 0 Å². The van der Waals surface area contributed by atoms with E-state index in [9.17, 15) is 4.79 Å². The second-order valence-corrected chi connectivity index (χ2v) is 6.95. The Morgan fingerprint density at radius 3 is 2.63 bits per heavy atom. The first-order chi connectivity index (χ1) is 13.0. The SMILES string of the molecule is CCc1ccc(C(=O)Cn2nc(COc3ccc(Cl)cc3Cl)oc2=S)cc1. The van der Waals surface area contributed by atoms with E-state index in [1.54, 1.807) is 30.3 Å². The van der Waals surface area contributed by atoms with Crippen LogP contribution in [0.1, 0.15) is 28.7 Å². The van der Waals surface area contributed by atoms with E-state index in [0.717, 1.165) is 6.42 Å². The molecule has 0 fully saturated rings. The maximum atomic E-state index is 12.4. The van der Waals surface area contributed by atoms with Gasteiger partial charge in [0, 0.05) is 10.6 Å². The van der Waals surface area contributed by atoms with Gasteiger partial charge in [-0.1, -0.05) is 54.4 Å². The summed E-state index contributed by atoms with van der Waals surface area (Å²) >= 11 is 17.1. The van der Waals surface area contributed by atoms with Gasteiger partial charge in [-0.3, -0.25) is 4.79 Å². The average molecular weight is 423 g/mol. The molecule has 0 aliphatic carbocycles. The van der Waals surface area contributed by atoms with E-state index < -0.39 is 0 Å². The van der Waals surface area contributed by atoms with Crippen LogP contribution < -0.4 is 4.74 Å². The number of nitrogens with zero attached hydrogens (tertiary/aromatic N) is 2. The fraction of sp³-hybridized carbons (Fsp3) is 0.211. The minimum absolute atomic E-state index is 0.00446. The van der Waals surface area contributed by atoms with E-state index >= 15 is 0 Å². The van der Waals surface area contributed by atoms with E-state index in [2.05, 4.69) is 12.0 Å². The molecule has 1 aromatic heterocycles. The van der Waals surface area contributed by atoms with Crippen molar-refractivity contribution in [2.75, 3.05) is 0 Å². The van der Waals surface area contributed by atoms with E-state index in [1.807, 2.05) is 12.1 Å². The molecule has 0 spiro atoms. The lowest BCUT2D eigenvalue weighted by Gasteiger charge is -2.05. The quantitative estimate of drug-likeness (QED) is 0.369. The second kappa shape index (κ2) is 8.69. The van der Waals surface area contributed by atoms with Gasteiger partial charge in [0.1, 0.15) is 12.3 Å². The van der Waals surface area contributed by atoms with Crippen molar-refractivity contribution in [2.45, 2.75) is 26.5 Å². The van der Waals surface area contributed by atoms with Crippen LogP contribution in [0.2, 0.25) is 10.0 Å². The van der Waals surface area contributed by atoms with E-state index in [0.29, 0.717) is 21.4 Å². The van der Waals surface area contributed by atoms with Crippen LogP contribution in [-0.2, 0) is 19.6 Å². The van der Waals surface area contributed by atoms with E-state index in [-0.39, 0.29) is 29.7 Å². The highest BCUT2D eigenvalue weighted by molar-refractivity contribution is 7.71. The van der Waals surface area contributed by atoms with Crippen molar-refractivity contribution in [3.8, 4) is 5.75 Å². The topological polar surface area (TPSA) is 57.3 Å². The van der Waals surface area contributed by atoms with Crippen LogP contribution in [0.25, 0.3) is 0 Å². The molecule has 0 unspecified atom stereocenters. The Morgan fingerprint density at radius 1 is 1.22 bits per heavy atom. The Kier molecular flexibility index (Phi) is 6.31. The van der Waals surface area contributed by atoms with Crippen LogP contribution in [-0.4, -0.2) is 15.6 Å². The summed E-state index contributed by atoms with van der Waals surface area (Å²) in [6.07, 6.45) is 0.920. The summed E-state index contributed by atoms with van der Waals surface area (Å²) in [7, 11) is 0. The molecular weight excluding hydrogens is 407 g/mol. The summed E-state index contributed by atoms with van der Waals surface area (Å²) in [4.78, 5) is 12.5. The molecule has 1 heterocycles. The third kappa shape index (κ3) is 4.97. The summed E-state index contributed by atoms with van der Waals surface area (Å²) < 4.78 is 12.3. The van der Waals surface area contributed by atoms with Crippen LogP contribution in [0, 0.1) is 4.84 Å². The number of carbonyl (C=O) groups excluding carboxylic acids is 1. The molecule has 140 valence electrons. The Labute approximate surface area is 171 Å². The fourth-order valence-corrected chi connectivity index (χ4v) is 3.06. The highest BCUT2D eigenvalue weighted by Gasteiger charge is 2.13. The number of ether oxygens (including phenoxy) is 1. The first-order valence-corrected chi connectivity index (χ1v) is 9.39. The monoisotopic (exact) mass is 422 g/mol. The summed E-state index contributed by atoms with van der Waals surface area (Å²) in [5.41, 5.74) is 1.77. The summed E-state index contributed by atoms with van der Waals surface area (Å²) in [6, 6.07) is 12.4. The molecule has 27 heavy (non-hydrogen) atoms. The molecule has 5 nitrogen and oxygen atoms in total. The van der Waals surface area contributed by atoms with Crippen molar-refractivity contribution in [1.82, 2.24) is 9.78 Å². The molecule has 0 amide bonds. The Hall–Kier alpha value is -2.15. The van der Waals surface area contributed by atoms with Gasteiger partial charge in [-0.05, 0) is 42.4 Å². The minimum Gasteiger partial charge on any atom is -0.482 e. The van der Waals surface area contributed by atoms with Crippen LogP contribution >= 0.6 is 35.4 Å². The third-order valence-electron chi connectivity index (χ3n) is 3.87. The van der Waals surface area contributed by atoms with Gasteiger partial charge < -0.3 is 9.15 Å². The number of aromatic nitrogens is 2. The van der Waals surface area contributed by atoms with Crippen LogP contribution in [0.5, 0.6) is 5.75 Å². The van der Waals surface area contributed by atoms with Gasteiger partial charge in [0.25, 0.3) is 10.7 Å². The molecule has 3 rings (SSSR count). The van der Waals surface area contributed by atoms with Crippen LogP contribution in [0.3, 0.4) is 0 Å². The number of carbonyl (C=O) groups is 1. The van der Waals surface area contributed by atoms with Crippen molar-refractivity contribution in [3.05, 3.63) is 74.4 Å². The molecule has 0 radical (unpaired) electrons. The molecule has 0 atom stereocenters. The number of benzene rings is 2. The molecule has 0 aliphatic heterocycles. The summed E-state index contributed by atoms with van der Waals surface area (Å²) in [5.74, 6) is 0.597. The molecule has 0 saturated carbocycles. The third-order valence-corrected chi connectivity index (χ3v) is 4.70. The van der Waals surface area contributed by atoms with Crippen molar-refractivity contribution in [3.63, 3.8) is 0 Å². The van der Waals surface area contributed by atoms with Gasteiger partial charge in [0.05, 0.1) is 5.02 Å². The molecule has 0 bridgehead atoms. The highest BCUT2D eigenvalue weighted by Crippen LogP contribution is 2.28. The highest BCUT2D eigenvalue weighted by atomic mass is 35.5. The van der Waals surface area contributed by atoms with Crippen molar-refractivity contribution >= 4 is 41.2 Å². The number of halogens is 2. The molecule has 0 aliphatic rings. The maximum absolute atomic E-state index is 12.4. The zero-order valence-electron chi connectivity index (χ0n) is 14.4. The minimum atomic E-state index is -0.102. The van der Waals surface area contributed by atoms with E-state index in [4.69, 9.17) is 44.6 Å². The van der Waals surface area contributed by atoms with E-state index in [1.165, 1.54) is 10.2 Å². The molecule has 2 aromatic carbocycles. The van der Waals surface area contributed by atoms with Crippen molar-refractivity contribution in [2.24, 2.45) is 0 Å². The van der Waals surface area contributed by atoms with Crippen LogP contribution in [0.4, 0.5) is 0 Å². The molecule has 8 heteroatoms. The molecule has 0 N–H and O–H groups in total. The normalized spacial score (nSPS) is 10.8. The van der Waals surface area contributed by atoms with Gasteiger partial charge in [-0.2, -0.15) is 0 Å². The second-order valence-electron chi connectivity index (χ2n) is 5.76. The maximum Gasteiger partial charge on any atom is 0.287 e. The Balaban J connectivity index is 1.66. The summed E-state index contributed by atoms with van der Waals surface area (Å²) in [6.45, 7) is 2.08. The van der Waals surface area contributed by atoms with Crippen molar-refractivity contribution < 1.29 is 13.9 Å². The molecule has 3 aromatic rings. The zero-order chi connectivity index (χ0) is 19.4. The number of Topliss-reactive ketones (excluding diaryl/α,β-unsaturated/α-hetero) is 1. The summed E-state index contributed by atoms with van der Waals surface area (Å²) in [5, 5.41) is 5.10. The number of hydrogen-bond donors (Lipinski definition) is 0. The zero-order valence-corrected chi connectivity index (χ0v) is 16.8. The van der Waals surface area contributed by atoms with Gasteiger partial charge in [0.15, 0.2) is 12.4 Å². The van der Waals surface area contributed by atoms with Crippen LogP contribution in [0.15, 0.2) is 46.9 Å². The largest absolute Gasteiger partial charge is 0.482 e. The van der Waals surface area contributed by atoms with Gasteiger partial charge in [-0.25, -0.2) is 4.68 Å². The van der Waals surface area contributed by atoms with Gasteiger partial charge in [-0.15, -0.1) is 5.10 Å². The molecular formula is C19H16Cl2N2O3S. The smallest absolute Gasteiger partial charge is 0.287 e. The first kappa shape index (κ1) is 19.6. The number of hydrogen-bond acceptors (Lipinski definition) is 5. The predicted molar refractivity (Wildman–Crippen MR) is 106 cm³/mol. The number of ketones is 1. The fourth-order valence-electron chi connectivity index (χ4n) is 2.39. The van der Waals surface area contributed by atoms with Gasteiger partial charge >= 0.3 is 0 Å². The number of rotatable bonds is 7. The lowest BCUT2D eigenvalue weighted by molar-refractivity contribution is 0.0966. The Morgan fingerprint density at radius 2 is 1.96 bits per heavy atom. The lowest BCUT2D eigenvalue weighted by Crippen LogP contribution is -2.12. The van der Waals surface area contributed by atoms with Gasteiger partial charge in [0.2, 0.25) is 0 Å².